The van der Waals surface area contributed by atoms with E-state index in [4.69, 9.17) is 21.1 Å². The summed E-state index contributed by atoms with van der Waals surface area (Å²) in [7, 11) is 0. The topological polar surface area (TPSA) is 67.9 Å². The summed E-state index contributed by atoms with van der Waals surface area (Å²) < 4.78 is 24.7. The van der Waals surface area contributed by atoms with Crippen LogP contribution in [0.3, 0.4) is 0 Å². The summed E-state index contributed by atoms with van der Waals surface area (Å²) in [4.78, 5) is 27.9. The molecular weight excluding hydrogens is 447 g/mol. The van der Waals surface area contributed by atoms with Crippen LogP contribution < -0.4 is 14.8 Å². The van der Waals surface area contributed by atoms with E-state index in [9.17, 15) is 14.0 Å². The maximum absolute atomic E-state index is 13.5. The van der Waals surface area contributed by atoms with Gasteiger partial charge >= 0.3 is 0 Å². The Morgan fingerprint density at radius 2 is 1.58 bits per heavy atom. The number of amides is 2. The number of anilines is 1. The minimum atomic E-state index is -0.482. The Labute approximate surface area is 194 Å². The number of ether oxygens (including phenoxy) is 2. The SMILES string of the molecule is O=C1C(Nc2ccc3c(c2)OCCO3)=C(c2ccc(F)cc2)C(=O)N1Cc1ccc(Cl)cc1. The number of carbonyl (C=O) groups is 2. The van der Waals surface area contributed by atoms with Crippen molar-refractivity contribution in [1.82, 2.24) is 4.90 Å². The fourth-order valence-electron chi connectivity index (χ4n) is 3.76. The van der Waals surface area contributed by atoms with Gasteiger partial charge < -0.3 is 14.8 Å². The van der Waals surface area contributed by atoms with E-state index in [0.717, 1.165) is 10.5 Å². The molecule has 0 saturated carbocycles. The quantitative estimate of drug-likeness (QED) is 0.557. The first-order valence-corrected chi connectivity index (χ1v) is 10.6. The first-order valence-electron chi connectivity index (χ1n) is 10.3. The predicted octanol–water partition coefficient (Wildman–Crippen LogP) is 4.64. The number of benzene rings is 3. The molecule has 2 heterocycles. The third-order valence-electron chi connectivity index (χ3n) is 5.37. The fourth-order valence-corrected chi connectivity index (χ4v) is 3.88. The molecule has 8 heteroatoms. The monoisotopic (exact) mass is 464 g/mol. The molecule has 5 rings (SSSR count). The molecule has 2 amide bonds. The van der Waals surface area contributed by atoms with E-state index in [2.05, 4.69) is 5.32 Å². The first-order chi connectivity index (χ1) is 16.0. The summed E-state index contributed by atoms with van der Waals surface area (Å²) >= 11 is 5.95. The molecule has 0 unspecified atom stereocenters. The highest BCUT2D eigenvalue weighted by atomic mass is 35.5. The molecule has 0 radical (unpaired) electrons. The number of rotatable bonds is 5. The van der Waals surface area contributed by atoms with Crippen LogP contribution in [0.25, 0.3) is 5.57 Å². The lowest BCUT2D eigenvalue weighted by Crippen LogP contribution is -2.32. The van der Waals surface area contributed by atoms with Gasteiger partial charge in [0.2, 0.25) is 0 Å². The second-order valence-corrected chi connectivity index (χ2v) is 8.00. The molecule has 0 aromatic heterocycles. The van der Waals surface area contributed by atoms with Crippen molar-refractivity contribution >= 4 is 34.7 Å². The Kier molecular flexibility index (Phi) is 5.48. The zero-order chi connectivity index (χ0) is 22.9. The van der Waals surface area contributed by atoms with Gasteiger partial charge in [0.15, 0.2) is 11.5 Å². The smallest absolute Gasteiger partial charge is 0.278 e. The summed E-state index contributed by atoms with van der Waals surface area (Å²) in [6.45, 7) is 0.963. The van der Waals surface area contributed by atoms with E-state index in [1.807, 2.05) is 0 Å². The summed E-state index contributed by atoms with van der Waals surface area (Å²) in [5, 5.41) is 3.64. The van der Waals surface area contributed by atoms with Gasteiger partial charge in [0.05, 0.1) is 12.1 Å². The van der Waals surface area contributed by atoms with Crippen LogP contribution in [0.5, 0.6) is 11.5 Å². The van der Waals surface area contributed by atoms with E-state index < -0.39 is 17.6 Å². The highest BCUT2D eigenvalue weighted by molar-refractivity contribution is 6.36. The largest absolute Gasteiger partial charge is 0.486 e. The number of imide groups is 1. The molecular formula is C25H18ClFN2O4. The van der Waals surface area contributed by atoms with Crippen molar-refractivity contribution in [2.24, 2.45) is 0 Å². The molecule has 166 valence electrons. The van der Waals surface area contributed by atoms with Crippen molar-refractivity contribution in [2.45, 2.75) is 6.54 Å². The number of hydrogen-bond donors (Lipinski definition) is 1. The number of halogens is 2. The van der Waals surface area contributed by atoms with Gasteiger partial charge in [-0.3, -0.25) is 14.5 Å². The van der Waals surface area contributed by atoms with Crippen LogP contribution >= 0.6 is 11.6 Å². The third-order valence-corrected chi connectivity index (χ3v) is 5.62. The summed E-state index contributed by atoms with van der Waals surface area (Å²) in [5.74, 6) is -0.232. The molecule has 33 heavy (non-hydrogen) atoms. The Balaban J connectivity index is 1.51. The van der Waals surface area contributed by atoms with Crippen molar-refractivity contribution in [3.8, 4) is 11.5 Å². The van der Waals surface area contributed by atoms with E-state index >= 15 is 0 Å². The van der Waals surface area contributed by atoms with Crippen LogP contribution in [-0.4, -0.2) is 29.9 Å². The van der Waals surface area contributed by atoms with Crippen molar-refractivity contribution in [3.63, 3.8) is 0 Å². The molecule has 0 spiro atoms. The summed E-state index contributed by atoms with van der Waals surface area (Å²) in [5.41, 5.74) is 2.03. The van der Waals surface area contributed by atoms with Crippen molar-refractivity contribution in [2.75, 3.05) is 18.5 Å². The molecule has 0 bridgehead atoms. The van der Waals surface area contributed by atoms with E-state index in [1.165, 1.54) is 24.3 Å². The Morgan fingerprint density at radius 3 is 2.30 bits per heavy atom. The average molecular weight is 465 g/mol. The zero-order valence-electron chi connectivity index (χ0n) is 17.3. The molecule has 3 aromatic rings. The lowest BCUT2D eigenvalue weighted by atomic mass is 10.0. The second kappa shape index (κ2) is 8.60. The number of hydrogen-bond acceptors (Lipinski definition) is 5. The molecule has 0 atom stereocenters. The number of nitrogens with zero attached hydrogens (tertiary/aromatic N) is 1. The van der Waals surface area contributed by atoms with Gasteiger partial charge in [-0.05, 0) is 47.5 Å². The third kappa shape index (κ3) is 4.15. The van der Waals surface area contributed by atoms with Crippen LogP contribution in [0, 0.1) is 5.82 Å². The zero-order valence-corrected chi connectivity index (χ0v) is 18.1. The molecule has 0 fully saturated rings. The molecule has 0 saturated heterocycles. The standard InChI is InChI=1S/C25H18ClFN2O4/c26-17-5-1-15(2-6-17)14-29-24(30)22(16-3-7-18(27)8-4-16)23(25(29)31)28-19-9-10-20-21(13-19)33-12-11-32-20/h1-10,13,28H,11-12,14H2. The van der Waals surface area contributed by atoms with Crippen LogP contribution in [0.2, 0.25) is 5.02 Å². The van der Waals surface area contributed by atoms with Crippen LogP contribution in [0.15, 0.2) is 72.4 Å². The lowest BCUT2D eigenvalue weighted by Gasteiger charge is -2.19. The fraction of sp³-hybridized carbons (Fsp3) is 0.120. The number of carbonyl (C=O) groups excluding carboxylic acids is 2. The predicted molar refractivity (Wildman–Crippen MR) is 121 cm³/mol. The highest BCUT2D eigenvalue weighted by Gasteiger charge is 2.39. The second-order valence-electron chi connectivity index (χ2n) is 7.56. The maximum atomic E-state index is 13.5. The molecule has 3 aromatic carbocycles. The number of nitrogens with one attached hydrogen (secondary N) is 1. The Hall–Kier alpha value is -3.84. The van der Waals surface area contributed by atoms with E-state index in [-0.39, 0.29) is 17.8 Å². The van der Waals surface area contributed by atoms with E-state index in [0.29, 0.717) is 41.0 Å². The average Bonchev–Trinajstić information content (AvgIpc) is 3.05. The molecule has 2 aliphatic rings. The first kappa shape index (κ1) is 21.0. The van der Waals surface area contributed by atoms with Crippen LogP contribution in [0.1, 0.15) is 11.1 Å². The maximum Gasteiger partial charge on any atom is 0.278 e. The highest BCUT2D eigenvalue weighted by Crippen LogP contribution is 2.36. The Bertz CT molecular complexity index is 1270. The number of fused-ring (bicyclic) bond motifs is 1. The van der Waals surface area contributed by atoms with Gasteiger partial charge in [0.25, 0.3) is 11.8 Å². The van der Waals surface area contributed by atoms with Gasteiger partial charge in [-0.25, -0.2) is 4.39 Å². The van der Waals surface area contributed by atoms with Gasteiger partial charge in [0, 0.05) is 16.8 Å². The summed E-state index contributed by atoms with van der Waals surface area (Å²) in [6.07, 6.45) is 0. The molecule has 2 aliphatic heterocycles. The van der Waals surface area contributed by atoms with Gasteiger partial charge in [-0.2, -0.15) is 0 Å². The van der Waals surface area contributed by atoms with Crippen molar-refractivity contribution in [1.29, 1.82) is 0 Å². The molecule has 1 N–H and O–H groups in total. The Morgan fingerprint density at radius 1 is 0.879 bits per heavy atom. The van der Waals surface area contributed by atoms with Gasteiger partial charge in [-0.1, -0.05) is 35.9 Å². The van der Waals surface area contributed by atoms with Gasteiger partial charge in [0.1, 0.15) is 24.7 Å². The normalized spacial score (nSPS) is 15.3. The minimum Gasteiger partial charge on any atom is -0.486 e. The molecule has 6 nitrogen and oxygen atoms in total. The van der Waals surface area contributed by atoms with Gasteiger partial charge in [-0.15, -0.1) is 0 Å². The lowest BCUT2D eigenvalue weighted by molar-refractivity contribution is -0.137. The van der Waals surface area contributed by atoms with Crippen molar-refractivity contribution < 1.29 is 23.5 Å². The van der Waals surface area contributed by atoms with Crippen molar-refractivity contribution in [3.05, 3.63) is 94.4 Å². The van der Waals surface area contributed by atoms with E-state index in [1.54, 1.807) is 42.5 Å². The van der Waals surface area contributed by atoms with Crippen LogP contribution in [-0.2, 0) is 16.1 Å². The van der Waals surface area contributed by atoms with Crippen LogP contribution in [0.4, 0.5) is 10.1 Å². The minimum absolute atomic E-state index is 0.0752. The summed E-state index contributed by atoms with van der Waals surface area (Å²) in [6, 6.07) is 17.6. The molecule has 0 aliphatic carbocycles.